The van der Waals surface area contributed by atoms with Gasteiger partial charge in [-0.15, -0.1) is 0 Å². The summed E-state index contributed by atoms with van der Waals surface area (Å²) in [4.78, 5) is 23.1. The van der Waals surface area contributed by atoms with Crippen LogP contribution in [0.5, 0.6) is 0 Å². The number of pyridine rings is 1. The predicted molar refractivity (Wildman–Crippen MR) is 46.0 cm³/mol. The van der Waals surface area contributed by atoms with E-state index >= 15 is 0 Å². The second-order valence-electron chi connectivity index (χ2n) is 2.20. The molecule has 0 saturated carbocycles. The summed E-state index contributed by atoms with van der Waals surface area (Å²) in [7, 11) is 0. The summed E-state index contributed by atoms with van der Waals surface area (Å²) in [5.74, 6) is -0.205. The zero-order valence-corrected chi connectivity index (χ0v) is 6.58. The summed E-state index contributed by atoms with van der Waals surface area (Å²) in [5, 5.41) is 10.2. The molecule has 0 amide bonds. The molecule has 0 spiro atoms. The third-order valence-electron chi connectivity index (χ3n) is 1.33. The number of nitro groups is 1. The highest BCUT2D eigenvalue weighted by Crippen LogP contribution is 2.07. The number of aldehydes is 1. The molecular weight excluding hydrogens is 172 g/mol. The molecule has 1 aromatic heterocycles. The molecule has 0 fully saturated rings. The Hall–Kier alpha value is -2.04. The van der Waals surface area contributed by atoms with Gasteiger partial charge in [0.15, 0.2) is 0 Å². The van der Waals surface area contributed by atoms with Crippen LogP contribution in [0.4, 0.5) is 5.82 Å². The fourth-order valence-corrected chi connectivity index (χ4v) is 0.754. The lowest BCUT2D eigenvalue weighted by molar-refractivity contribution is -0.389. The maximum atomic E-state index is 10.2. The molecule has 66 valence electrons. The smallest absolute Gasteiger partial charge is 0.358 e. The van der Waals surface area contributed by atoms with E-state index in [1.807, 2.05) is 0 Å². The molecule has 0 aliphatic rings. The molecule has 13 heavy (non-hydrogen) atoms. The van der Waals surface area contributed by atoms with E-state index in [0.29, 0.717) is 11.8 Å². The van der Waals surface area contributed by atoms with Crippen LogP contribution < -0.4 is 0 Å². The number of hydrogen-bond donors (Lipinski definition) is 0. The highest BCUT2D eigenvalue weighted by atomic mass is 16.6. The van der Waals surface area contributed by atoms with Gasteiger partial charge in [-0.05, 0) is 28.1 Å². The van der Waals surface area contributed by atoms with Gasteiger partial charge in [0, 0.05) is 11.6 Å². The molecule has 0 atom stereocenters. The molecule has 1 rings (SSSR count). The summed E-state index contributed by atoms with van der Waals surface area (Å²) >= 11 is 0. The molecule has 0 N–H and O–H groups in total. The Bertz CT molecular complexity index is 343. The Labute approximate surface area is 73.9 Å². The monoisotopic (exact) mass is 178 g/mol. The quantitative estimate of drug-likeness (QED) is 0.301. The van der Waals surface area contributed by atoms with Gasteiger partial charge in [0.1, 0.15) is 12.5 Å². The van der Waals surface area contributed by atoms with Crippen molar-refractivity contribution in [2.45, 2.75) is 0 Å². The van der Waals surface area contributed by atoms with Crippen molar-refractivity contribution in [1.82, 2.24) is 4.98 Å². The normalized spacial score (nSPS) is 10.2. The molecule has 0 aliphatic carbocycles. The Kier molecular flexibility index (Phi) is 2.86. The van der Waals surface area contributed by atoms with Gasteiger partial charge < -0.3 is 10.1 Å². The standard InChI is InChI=1S/C8H6N2O3/c11-5-1-2-7-3-4-8(9-6-7)10(12)13/h1-6H/b2-1+. The van der Waals surface area contributed by atoms with Crippen molar-refractivity contribution < 1.29 is 9.72 Å². The Balaban J connectivity index is 2.87. The van der Waals surface area contributed by atoms with E-state index in [1.54, 1.807) is 0 Å². The van der Waals surface area contributed by atoms with Crippen molar-refractivity contribution in [3.8, 4) is 0 Å². The number of nitrogens with zero attached hydrogens (tertiary/aromatic N) is 2. The highest BCUT2D eigenvalue weighted by molar-refractivity contribution is 5.73. The van der Waals surface area contributed by atoms with Crippen LogP contribution in [0.25, 0.3) is 6.08 Å². The van der Waals surface area contributed by atoms with Gasteiger partial charge >= 0.3 is 5.82 Å². The first-order chi connectivity index (χ1) is 6.24. The number of rotatable bonds is 3. The van der Waals surface area contributed by atoms with E-state index < -0.39 is 4.92 Å². The molecule has 0 bridgehead atoms. The van der Waals surface area contributed by atoms with E-state index in [9.17, 15) is 14.9 Å². The average Bonchev–Trinajstić information content (AvgIpc) is 2.15. The minimum absolute atomic E-state index is 0.205. The minimum atomic E-state index is -0.576. The zero-order chi connectivity index (χ0) is 9.68. The van der Waals surface area contributed by atoms with Crippen LogP contribution in [0, 0.1) is 10.1 Å². The van der Waals surface area contributed by atoms with Crippen LogP contribution in [0.1, 0.15) is 5.56 Å². The molecule has 0 radical (unpaired) electrons. The lowest BCUT2D eigenvalue weighted by Crippen LogP contribution is -1.90. The molecule has 0 unspecified atom stereocenters. The Morgan fingerprint density at radius 2 is 2.23 bits per heavy atom. The van der Waals surface area contributed by atoms with Crippen molar-refractivity contribution in [1.29, 1.82) is 0 Å². The Morgan fingerprint density at radius 3 is 2.69 bits per heavy atom. The number of carbonyl (C=O) groups is 1. The average molecular weight is 178 g/mol. The summed E-state index contributed by atoms with van der Waals surface area (Å²) in [6.07, 6.45) is 4.77. The van der Waals surface area contributed by atoms with Crippen LogP contribution in [0.15, 0.2) is 24.4 Å². The molecule has 0 aliphatic heterocycles. The predicted octanol–water partition coefficient (Wildman–Crippen LogP) is 1.20. The van der Waals surface area contributed by atoms with Gasteiger partial charge in [0.25, 0.3) is 0 Å². The van der Waals surface area contributed by atoms with E-state index in [4.69, 9.17) is 0 Å². The highest BCUT2D eigenvalue weighted by Gasteiger charge is 2.03. The van der Waals surface area contributed by atoms with Gasteiger partial charge in [-0.25, -0.2) is 0 Å². The maximum absolute atomic E-state index is 10.2. The largest absolute Gasteiger partial charge is 0.363 e. The number of hydrogen-bond acceptors (Lipinski definition) is 4. The van der Waals surface area contributed by atoms with Crippen LogP contribution in [0.3, 0.4) is 0 Å². The SMILES string of the molecule is O=C/C=C/c1ccc([N+](=O)[O-])nc1. The lowest BCUT2D eigenvalue weighted by Gasteiger charge is -1.90. The van der Waals surface area contributed by atoms with E-state index in [0.717, 1.165) is 0 Å². The molecule has 1 aromatic rings. The summed E-state index contributed by atoms with van der Waals surface area (Å²) in [6, 6.07) is 2.80. The van der Waals surface area contributed by atoms with Crippen LogP contribution in [-0.4, -0.2) is 16.2 Å². The third kappa shape index (κ3) is 2.48. The topological polar surface area (TPSA) is 73.1 Å². The number of carbonyl (C=O) groups excluding carboxylic acids is 1. The summed E-state index contributed by atoms with van der Waals surface area (Å²) in [6.45, 7) is 0. The van der Waals surface area contributed by atoms with Crippen molar-refractivity contribution in [3.05, 3.63) is 40.1 Å². The van der Waals surface area contributed by atoms with Gasteiger partial charge in [-0.2, -0.15) is 0 Å². The van der Waals surface area contributed by atoms with E-state index in [-0.39, 0.29) is 5.82 Å². The first-order valence-electron chi connectivity index (χ1n) is 3.46. The second kappa shape index (κ2) is 4.10. The van der Waals surface area contributed by atoms with Crippen LogP contribution >= 0.6 is 0 Å². The molecule has 0 saturated heterocycles. The van der Waals surface area contributed by atoms with Gasteiger partial charge in [-0.1, -0.05) is 0 Å². The molecule has 0 aromatic carbocycles. The van der Waals surface area contributed by atoms with E-state index in [1.165, 1.54) is 30.5 Å². The van der Waals surface area contributed by atoms with Crippen molar-refractivity contribution >= 4 is 18.2 Å². The molecular formula is C8H6N2O3. The first kappa shape index (κ1) is 9.05. The Morgan fingerprint density at radius 1 is 1.46 bits per heavy atom. The maximum Gasteiger partial charge on any atom is 0.363 e. The number of allylic oxidation sites excluding steroid dienone is 1. The van der Waals surface area contributed by atoms with E-state index in [2.05, 4.69) is 4.98 Å². The fraction of sp³-hybridized carbons (Fsp3) is 0. The van der Waals surface area contributed by atoms with Crippen molar-refractivity contribution in [3.63, 3.8) is 0 Å². The third-order valence-corrected chi connectivity index (χ3v) is 1.33. The van der Waals surface area contributed by atoms with Crippen LogP contribution in [-0.2, 0) is 4.79 Å². The minimum Gasteiger partial charge on any atom is -0.358 e. The van der Waals surface area contributed by atoms with Gasteiger partial charge in [-0.3, -0.25) is 4.79 Å². The molecule has 5 nitrogen and oxygen atoms in total. The number of aromatic nitrogens is 1. The molecule has 5 heteroatoms. The first-order valence-corrected chi connectivity index (χ1v) is 3.46. The fourth-order valence-electron chi connectivity index (χ4n) is 0.754. The molecule has 1 heterocycles. The lowest BCUT2D eigenvalue weighted by atomic mass is 10.2. The van der Waals surface area contributed by atoms with Crippen LogP contribution in [0.2, 0.25) is 0 Å². The second-order valence-corrected chi connectivity index (χ2v) is 2.20. The summed E-state index contributed by atoms with van der Waals surface area (Å²) in [5.41, 5.74) is 0.651. The zero-order valence-electron chi connectivity index (χ0n) is 6.58. The van der Waals surface area contributed by atoms with Crippen molar-refractivity contribution in [2.24, 2.45) is 0 Å². The summed E-state index contributed by atoms with van der Waals surface area (Å²) < 4.78 is 0. The van der Waals surface area contributed by atoms with Gasteiger partial charge in [0.05, 0.1) is 0 Å². The van der Waals surface area contributed by atoms with Gasteiger partial charge in [0.2, 0.25) is 0 Å². The van der Waals surface area contributed by atoms with Crippen molar-refractivity contribution in [2.75, 3.05) is 0 Å².